The predicted molar refractivity (Wildman–Crippen MR) is 102 cm³/mol. The van der Waals surface area contributed by atoms with Crippen molar-refractivity contribution in [2.24, 2.45) is 0 Å². The van der Waals surface area contributed by atoms with Crippen molar-refractivity contribution in [3.63, 3.8) is 0 Å². The molecule has 0 bridgehead atoms. The van der Waals surface area contributed by atoms with Crippen LogP contribution in [0.15, 0.2) is 54.6 Å². The van der Waals surface area contributed by atoms with Gasteiger partial charge in [0.15, 0.2) is 0 Å². The highest BCUT2D eigenvalue weighted by molar-refractivity contribution is 6.14. The molecule has 0 saturated heterocycles. The summed E-state index contributed by atoms with van der Waals surface area (Å²) in [6.45, 7) is 6.31. The topological polar surface area (TPSA) is 74.6 Å². The molecule has 0 aliphatic rings. The monoisotopic (exact) mass is 348 g/mol. The number of hydrogen-bond acceptors (Lipinski definition) is 2. The van der Waals surface area contributed by atoms with Gasteiger partial charge < -0.3 is 10.2 Å². The summed E-state index contributed by atoms with van der Waals surface area (Å²) in [7, 11) is 0. The van der Waals surface area contributed by atoms with Crippen molar-refractivity contribution in [2.75, 3.05) is 0 Å². The van der Waals surface area contributed by atoms with E-state index < -0.39 is 11.9 Å². The normalized spacial score (nSPS) is 11.5. The Labute approximate surface area is 151 Å². The maximum Gasteiger partial charge on any atom is 0.337 e. The van der Waals surface area contributed by atoms with Gasteiger partial charge in [0.1, 0.15) is 0 Å². The Morgan fingerprint density at radius 2 is 1.46 bits per heavy atom. The van der Waals surface area contributed by atoms with Gasteiger partial charge in [0.2, 0.25) is 0 Å². The van der Waals surface area contributed by atoms with Gasteiger partial charge in [-0.3, -0.25) is 0 Å². The van der Waals surface area contributed by atoms with Crippen LogP contribution >= 0.6 is 0 Å². The molecule has 3 aromatic rings. The molecule has 0 spiro atoms. The van der Waals surface area contributed by atoms with Crippen LogP contribution in [0.1, 0.15) is 47.1 Å². The lowest BCUT2D eigenvalue weighted by Gasteiger charge is -2.20. The Hall–Kier alpha value is -3.14. The van der Waals surface area contributed by atoms with Gasteiger partial charge in [0.25, 0.3) is 0 Å². The first-order chi connectivity index (χ1) is 12.2. The molecule has 0 fully saturated rings. The summed E-state index contributed by atoms with van der Waals surface area (Å²) in [5, 5.41) is 20.7. The lowest BCUT2D eigenvalue weighted by Crippen LogP contribution is -2.12. The molecule has 4 nitrogen and oxygen atoms in total. The van der Waals surface area contributed by atoms with E-state index in [1.165, 1.54) is 6.07 Å². The van der Waals surface area contributed by atoms with E-state index >= 15 is 0 Å². The first-order valence-corrected chi connectivity index (χ1v) is 8.33. The smallest absolute Gasteiger partial charge is 0.337 e. The van der Waals surface area contributed by atoms with E-state index in [0.29, 0.717) is 16.5 Å². The number of carbonyl (C=O) groups is 2. The van der Waals surface area contributed by atoms with Gasteiger partial charge in [0, 0.05) is 5.56 Å². The Kier molecular flexibility index (Phi) is 4.28. The second kappa shape index (κ2) is 6.30. The maximum atomic E-state index is 11.9. The van der Waals surface area contributed by atoms with E-state index in [4.69, 9.17) is 0 Å². The van der Waals surface area contributed by atoms with Crippen molar-refractivity contribution in [1.82, 2.24) is 0 Å². The van der Waals surface area contributed by atoms with Crippen LogP contribution in [-0.2, 0) is 5.41 Å². The highest BCUT2D eigenvalue weighted by Gasteiger charge is 2.24. The number of hydrogen-bond donors (Lipinski definition) is 2. The minimum absolute atomic E-state index is 0.0286. The fourth-order valence-corrected chi connectivity index (χ4v) is 3.18. The second-order valence-corrected chi connectivity index (χ2v) is 7.33. The van der Waals surface area contributed by atoms with Crippen molar-refractivity contribution in [1.29, 1.82) is 0 Å². The molecule has 4 heteroatoms. The number of benzene rings is 3. The minimum atomic E-state index is -1.25. The van der Waals surface area contributed by atoms with Crippen LogP contribution in [0.4, 0.5) is 0 Å². The van der Waals surface area contributed by atoms with Gasteiger partial charge in [0.05, 0.1) is 11.1 Å². The average molecular weight is 348 g/mol. The number of carboxylic acid groups (broad SMARTS) is 2. The Morgan fingerprint density at radius 3 is 2.00 bits per heavy atom. The Bertz CT molecular complexity index is 1010. The van der Waals surface area contributed by atoms with Crippen LogP contribution in [0.2, 0.25) is 0 Å². The first-order valence-electron chi connectivity index (χ1n) is 8.33. The summed E-state index contributed by atoms with van der Waals surface area (Å²) in [5.74, 6) is -2.50. The van der Waals surface area contributed by atoms with Gasteiger partial charge in [-0.1, -0.05) is 69.3 Å². The third kappa shape index (κ3) is 3.06. The molecular weight excluding hydrogens is 328 g/mol. The van der Waals surface area contributed by atoms with Crippen molar-refractivity contribution in [3.8, 4) is 11.1 Å². The van der Waals surface area contributed by atoms with Crippen LogP contribution in [0.3, 0.4) is 0 Å². The fourth-order valence-electron chi connectivity index (χ4n) is 3.18. The van der Waals surface area contributed by atoms with E-state index in [0.717, 1.165) is 10.9 Å². The summed E-state index contributed by atoms with van der Waals surface area (Å²) in [6.07, 6.45) is 0. The number of rotatable bonds is 3. The molecule has 0 radical (unpaired) electrons. The van der Waals surface area contributed by atoms with Crippen LogP contribution in [-0.4, -0.2) is 22.2 Å². The average Bonchev–Trinajstić information content (AvgIpc) is 2.59. The number of carboxylic acids is 2. The quantitative estimate of drug-likeness (QED) is 0.682. The third-order valence-electron chi connectivity index (χ3n) is 4.53. The molecule has 0 unspecified atom stereocenters. The van der Waals surface area contributed by atoms with Crippen LogP contribution < -0.4 is 0 Å². The summed E-state index contributed by atoms with van der Waals surface area (Å²) < 4.78 is 0. The summed E-state index contributed by atoms with van der Waals surface area (Å²) in [5.41, 5.74) is 1.84. The maximum absolute atomic E-state index is 11.9. The Balaban J connectivity index is 2.38. The molecule has 132 valence electrons. The largest absolute Gasteiger partial charge is 0.478 e. The van der Waals surface area contributed by atoms with Crippen molar-refractivity contribution in [2.45, 2.75) is 26.2 Å². The molecule has 0 aliphatic carbocycles. The second-order valence-electron chi connectivity index (χ2n) is 7.33. The molecule has 0 saturated carbocycles. The third-order valence-corrected chi connectivity index (χ3v) is 4.53. The zero-order chi connectivity index (χ0) is 19.1. The molecule has 0 aliphatic heterocycles. The van der Waals surface area contributed by atoms with E-state index in [-0.39, 0.29) is 16.5 Å². The van der Waals surface area contributed by atoms with Gasteiger partial charge in [-0.05, 0) is 33.4 Å². The van der Waals surface area contributed by atoms with Crippen LogP contribution in [0, 0.1) is 0 Å². The van der Waals surface area contributed by atoms with E-state index in [1.807, 2.05) is 36.4 Å². The molecule has 0 heterocycles. The van der Waals surface area contributed by atoms with E-state index in [1.54, 1.807) is 12.1 Å². The van der Waals surface area contributed by atoms with E-state index in [9.17, 15) is 19.8 Å². The number of aromatic carboxylic acids is 2. The Morgan fingerprint density at radius 1 is 0.846 bits per heavy atom. The molecule has 0 atom stereocenters. The zero-order valence-corrected chi connectivity index (χ0v) is 14.9. The number of fused-ring (bicyclic) bond motifs is 1. The molecule has 0 aromatic heterocycles. The highest BCUT2D eigenvalue weighted by atomic mass is 16.4. The SMILES string of the molecule is CC(C)(C)c1ccc(-c2c(C(=O)O)c(C(=O)O)cc3ccccc23)cc1. The van der Waals surface area contributed by atoms with Gasteiger partial charge in [-0.25, -0.2) is 9.59 Å². The van der Waals surface area contributed by atoms with Crippen molar-refractivity contribution >= 4 is 22.7 Å². The highest BCUT2D eigenvalue weighted by Crippen LogP contribution is 2.36. The first kappa shape index (κ1) is 17.7. The summed E-state index contributed by atoms with van der Waals surface area (Å²) in [4.78, 5) is 23.6. The molecule has 3 aromatic carbocycles. The molecular formula is C22H20O4. The zero-order valence-electron chi connectivity index (χ0n) is 14.9. The van der Waals surface area contributed by atoms with Crippen LogP contribution in [0.5, 0.6) is 0 Å². The predicted octanol–water partition coefficient (Wildman–Crippen LogP) is 5.20. The fraction of sp³-hybridized carbons (Fsp3) is 0.182. The van der Waals surface area contributed by atoms with Crippen molar-refractivity contribution < 1.29 is 19.8 Å². The van der Waals surface area contributed by atoms with Gasteiger partial charge in [-0.15, -0.1) is 0 Å². The molecule has 0 amide bonds. The summed E-state index contributed by atoms with van der Waals surface area (Å²) in [6, 6.07) is 16.3. The minimum Gasteiger partial charge on any atom is -0.478 e. The van der Waals surface area contributed by atoms with Gasteiger partial charge >= 0.3 is 11.9 Å². The lowest BCUT2D eigenvalue weighted by atomic mass is 9.84. The van der Waals surface area contributed by atoms with Crippen LogP contribution in [0.25, 0.3) is 21.9 Å². The van der Waals surface area contributed by atoms with Gasteiger partial charge in [-0.2, -0.15) is 0 Å². The standard InChI is InChI=1S/C22H20O4/c1-22(2,3)15-10-8-13(9-11-15)18-16-7-5-4-6-14(16)12-17(20(23)24)19(18)21(25)26/h4-12H,1-3H3,(H,23,24)(H,25,26). The lowest BCUT2D eigenvalue weighted by molar-refractivity contribution is 0.0652. The summed E-state index contributed by atoms with van der Waals surface area (Å²) >= 11 is 0. The van der Waals surface area contributed by atoms with E-state index in [2.05, 4.69) is 20.8 Å². The molecule has 2 N–H and O–H groups in total. The van der Waals surface area contributed by atoms with Crippen molar-refractivity contribution in [3.05, 3.63) is 71.3 Å². The molecule has 3 rings (SSSR count). The molecule has 26 heavy (non-hydrogen) atoms.